The maximum Gasteiger partial charge on any atom is 0.307 e. The fraction of sp³-hybridized carbons (Fsp3) is 0.217. The van der Waals surface area contributed by atoms with E-state index in [1.54, 1.807) is 43.3 Å². The van der Waals surface area contributed by atoms with Gasteiger partial charge in [0.25, 0.3) is 5.91 Å². The zero-order valence-electron chi connectivity index (χ0n) is 17.1. The molecule has 0 radical (unpaired) electrons. The molecule has 162 valence electrons. The SMILES string of the molecule is CCC(OC(=O)CCNS(=O)(=O)c1ccc2ccccc2c1)C(=O)Nc1ccccc1. The van der Waals surface area contributed by atoms with Crippen LogP contribution in [0.15, 0.2) is 77.7 Å². The molecule has 0 saturated heterocycles. The van der Waals surface area contributed by atoms with Crippen LogP contribution in [-0.2, 0) is 24.3 Å². The van der Waals surface area contributed by atoms with E-state index in [0.29, 0.717) is 12.1 Å². The number of anilines is 1. The van der Waals surface area contributed by atoms with E-state index in [9.17, 15) is 18.0 Å². The summed E-state index contributed by atoms with van der Waals surface area (Å²) >= 11 is 0. The molecule has 0 spiro atoms. The average molecular weight is 441 g/mol. The molecular weight excluding hydrogens is 416 g/mol. The number of amides is 1. The number of benzene rings is 3. The standard InChI is InChI=1S/C23H24N2O5S/c1-2-21(23(27)25-19-10-4-3-5-11-19)30-22(26)14-15-24-31(28,29)20-13-12-17-8-6-7-9-18(17)16-20/h3-13,16,21,24H,2,14-15H2,1H3,(H,25,27). The van der Waals surface area contributed by atoms with Gasteiger partial charge in [0.15, 0.2) is 6.10 Å². The third-order valence-electron chi connectivity index (χ3n) is 4.63. The molecule has 0 aliphatic carbocycles. The Labute approximate surface area is 181 Å². The zero-order valence-corrected chi connectivity index (χ0v) is 17.9. The van der Waals surface area contributed by atoms with Crippen LogP contribution < -0.4 is 10.0 Å². The quantitative estimate of drug-likeness (QED) is 0.496. The minimum atomic E-state index is -3.78. The summed E-state index contributed by atoms with van der Waals surface area (Å²) in [5.74, 6) is -1.09. The summed E-state index contributed by atoms with van der Waals surface area (Å²) in [6.07, 6.45) is -0.848. The molecule has 8 heteroatoms. The molecule has 1 atom stereocenters. The highest BCUT2D eigenvalue weighted by molar-refractivity contribution is 7.89. The summed E-state index contributed by atoms with van der Waals surface area (Å²) in [6, 6.07) is 21.1. The fourth-order valence-corrected chi connectivity index (χ4v) is 4.06. The Morgan fingerprint density at radius 2 is 1.61 bits per heavy atom. The van der Waals surface area contributed by atoms with Gasteiger partial charge in [-0.25, -0.2) is 13.1 Å². The molecule has 31 heavy (non-hydrogen) atoms. The molecule has 0 heterocycles. The van der Waals surface area contributed by atoms with Crippen molar-refractivity contribution < 1.29 is 22.7 Å². The van der Waals surface area contributed by atoms with Crippen LogP contribution in [0.2, 0.25) is 0 Å². The van der Waals surface area contributed by atoms with Gasteiger partial charge in [-0.2, -0.15) is 0 Å². The van der Waals surface area contributed by atoms with Gasteiger partial charge in [0.2, 0.25) is 10.0 Å². The highest BCUT2D eigenvalue weighted by atomic mass is 32.2. The predicted molar refractivity (Wildman–Crippen MR) is 119 cm³/mol. The van der Waals surface area contributed by atoms with E-state index in [1.807, 2.05) is 30.3 Å². The minimum absolute atomic E-state index is 0.119. The summed E-state index contributed by atoms with van der Waals surface area (Å²) in [6.45, 7) is 1.59. The van der Waals surface area contributed by atoms with Crippen molar-refractivity contribution in [2.45, 2.75) is 30.8 Å². The maximum absolute atomic E-state index is 12.5. The van der Waals surface area contributed by atoms with E-state index in [0.717, 1.165) is 10.8 Å². The molecule has 0 aliphatic heterocycles. The van der Waals surface area contributed by atoms with Crippen LogP contribution in [0.25, 0.3) is 10.8 Å². The van der Waals surface area contributed by atoms with Crippen LogP contribution in [0.1, 0.15) is 19.8 Å². The van der Waals surface area contributed by atoms with Crippen LogP contribution in [0, 0.1) is 0 Å². The number of para-hydroxylation sites is 1. The van der Waals surface area contributed by atoms with Gasteiger partial charge in [0, 0.05) is 12.2 Å². The van der Waals surface area contributed by atoms with Gasteiger partial charge in [-0.05, 0) is 41.5 Å². The second-order valence-electron chi connectivity index (χ2n) is 6.90. The Morgan fingerprint density at radius 3 is 2.32 bits per heavy atom. The molecule has 2 N–H and O–H groups in total. The predicted octanol–water partition coefficient (Wildman–Crippen LogP) is 3.47. The Hall–Kier alpha value is -3.23. The lowest BCUT2D eigenvalue weighted by Gasteiger charge is -2.16. The number of sulfonamides is 1. The number of hydrogen-bond acceptors (Lipinski definition) is 5. The number of hydrogen-bond donors (Lipinski definition) is 2. The van der Waals surface area contributed by atoms with Gasteiger partial charge in [-0.3, -0.25) is 9.59 Å². The van der Waals surface area contributed by atoms with Crippen LogP contribution in [0.4, 0.5) is 5.69 Å². The number of nitrogens with one attached hydrogen (secondary N) is 2. The van der Waals surface area contributed by atoms with E-state index < -0.39 is 28.0 Å². The highest BCUT2D eigenvalue weighted by Crippen LogP contribution is 2.18. The molecule has 0 fully saturated rings. The molecule has 0 aromatic heterocycles. The van der Waals surface area contributed by atoms with Crippen molar-refractivity contribution in [2.24, 2.45) is 0 Å². The number of fused-ring (bicyclic) bond motifs is 1. The molecule has 3 aromatic carbocycles. The van der Waals surface area contributed by atoms with Crippen molar-refractivity contribution in [1.29, 1.82) is 0 Å². The molecule has 3 aromatic rings. The molecular formula is C23H24N2O5S. The maximum atomic E-state index is 12.5. The third kappa shape index (κ3) is 6.13. The second kappa shape index (κ2) is 10.2. The molecule has 7 nitrogen and oxygen atoms in total. The normalized spacial score (nSPS) is 12.3. The molecule has 0 saturated carbocycles. The summed E-state index contributed by atoms with van der Waals surface area (Å²) < 4.78 is 32.7. The van der Waals surface area contributed by atoms with Crippen LogP contribution in [-0.4, -0.2) is 32.9 Å². The monoisotopic (exact) mass is 440 g/mol. The smallest absolute Gasteiger partial charge is 0.307 e. The van der Waals surface area contributed by atoms with Crippen molar-refractivity contribution >= 4 is 38.4 Å². The third-order valence-corrected chi connectivity index (χ3v) is 6.09. The van der Waals surface area contributed by atoms with E-state index in [4.69, 9.17) is 4.74 Å². The second-order valence-corrected chi connectivity index (χ2v) is 8.67. The summed E-state index contributed by atoms with van der Waals surface area (Å²) in [5, 5.41) is 4.43. The first-order valence-electron chi connectivity index (χ1n) is 9.93. The Bertz CT molecular complexity index is 1160. The van der Waals surface area contributed by atoms with Gasteiger partial charge >= 0.3 is 5.97 Å². The first kappa shape index (κ1) is 22.5. The Kier molecular flexibility index (Phi) is 7.38. The summed E-state index contributed by atoms with van der Waals surface area (Å²) in [4.78, 5) is 24.6. The minimum Gasteiger partial charge on any atom is -0.452 e. The lowest BCUT2D eigenvalue weighted by atomic mass is 10.1. The number of carbonyl (C=O) groups excluding carboxylic acids is 2. The van der Waals surface area contributed by atoms with E-state index in [1.165, 1.54) is 6.07 Å². The van der Waals surface area contributed by atoms with Crippen molar-refractivity contribution in [1.82, 2.24) is 4.72 Å². The number of carbonyl (C=O) groups is 2. The summed E-state index contributed by atoms with van der Waals surface area (Å²) in [5.41, 5.74) is 0.602. The van der Waals surface area contributed by atoms with Crippen LogP contribution >= 0.6 is 0 Å². The fourth-order valence-electron chi connectivity index (χ4n) is 2.99. The molecule has 0 aliphatic rings. The topological polar surface area (TPSA) is 102 Å². The van der Waals surface area contributed by atoms with Gasteiger partial charge in [0.05, 0.1) is 11.3 Å². The van der Waals surface area contributed by atoms with Crippen LogP contribution in [0.3, 0.4) is 0 Å². The lowest BCUT2D eigenvalue weighted by Crippen LogP contribution is -2.33. The molecule has 3 rings (SSSR count). The average Bonchev–Trinajstić information content (AvgIpc) is 2.77. The molecule has 0 bridgehead atoms. The highest BCUT2D eigenvalue weighted by Gasteiger charge is 2.22. The van der Waals surface area contributed by atoms with Crippen molar-refractivity contribution in [2.75, 3.05) is 11.9 Å². The van der Waals surface area contributed by atoms with E-state index in [-0.39, 0.29) is 17.9 Å². The van der Waals surface area contributed by atoms with Crippen LogP contribution in [0.5, 0.6) is 0 Å². The van der Waals surface area contributed by atoms with Gasteiger partial charge < -0.3 is 10.1 Å². The Balaban J connectivity index is 1.52. The van der Waals surface area contributed by atoms with E-state index in [2.05, 4.69) is 10.0 Å². The number of rotatable bonds is 9. The molecule has 1 amide bonds. The van der Waals surface area contributed by atoms with Gasteiger partial charge in [0.1, 0.15) is 0 Å². The zero-order chi connectivity index (χ0) is 22.3. The lowest BCUT2D eigenvalue weighted by molar-refractivity contribution is -0.154. The van der Waals surface area contributed by atoms with E-state index >= 15 is 0 Å². The van der Waals surface area contributed by atoms with Crippen molar-refractivity contribution in [3.8, 4) is 0 Å². The first-order valence-corrected chi connectivity index (χ1v) is 11.4. The molecule has 1 unspecified atom stereocenters. The van der Waals surface area contributed by atoms with Gasteiger partial charge in [-0.15, -0.1) is 0 Å². The number of ether oxygens (including phenoxy) is 1. The summed E-state index contributed by atoms with van der Waals surface area (Å²) in [7, 11) is -3.78. The van der Waals surface area contributed by atoms with Crippen molar-refractivity contribution in [3.63, 3.8) is 0 Å². The first-order chi connectivity index (χ1) is 14.9. The van der Waals surface area contributed by atoms with Crippen molar-refractivity contribution in [3.05, 3.63) is 72.8 Å². The van der Waals surface area contributed by atoms with Gasteiger partial charge in [-0.1, -0.05) is 55.5 Å². The largest absolute Gasteiger partial charge is 0.452 e. The number of esters is 1. The Morgan fingerprint density at radius 1 is 0.935 bits per heavy atom.